The van der Waals surface area contributed by atoms with Gasteiger partial charge in [-0.3, -0.25) is 4.79 Å². The molecule has 19 heavy (non-hydrogen) atoms. The summed E-state index contributed by atoms with van der Waals surface area (Å²) in [5.74, 6) is -1.63. The van der Waals surface area contributed by atoms with Crippen molar-refractivity contribution in [3.05, 3.63) is 47.5 Å². The molecule has 1 amide bonds. The Hall–Kier alpha value is -2.38. The fourth-order valence-electron chi connectivity index (χ4n) is 1.47. The molecule has 2 N–H and O–H groups in total. The number of amides is 1. The van der Waals surface area contributed by atoms with Crippen LogP contribution >= 0.6 is 0 Å². The zero-order valence-corrected chi connectivity index (χ0v) is 9.28. The number of hydrogen-bond acceptors (Lipinski definition) is 2. The van der Waals surface area contributed by atoms with Crippen molar-refractivity contribution in [2.75, 3.05) is 0 Å². The minimum absolute atomic E-state index is 0.103. The molecule has 2 aromatic rings. The van der Waals surface area contributed by atoms with Gasteiger partial charge in [-0.15, -0.1) is 0 Å². The van der Waals surface area contributed by atoms with Crippen molar-refractivity contribution in [2.24, 2.45) is 5.73 Å². The van der Waals surface area contributed by atoms with E-state index in [1.165, 1.54) is 12.1 Å². The molecule has 1 aromatic heterocycles. The fourth-order valence-corrected chi connectivity index (χ4v) is 1.47. The molecule has 0 saturated carbocycles. The van der Waals surface area contributed by atoms with Gasteiger partial charge in [0.05, 0.1) is 5.69 Å². The molecule has 0 atom stereocenters. The first-order chi connectivity index (χ1) is 8.79. The molecule has 0 aliphatic rings. The number of benzene rings is 1. The largest absolute Gasteiger partial charge is 0.435 e. The molecule has 1 heterocycles. The van der Waals surface area contributed by atoms with Crippen LogP contribution in [-0.2, 0) is 6.18 Å². The Bertz CT molecular complexity index is 616. The van der Waals surface area contributed by atoms with E-state index in [-0.39, 0.29) is 5.69 Å². The summed E-state index contributed by atoms with van der Waals surface area (Å²) in [5.41, 5.74) is 3.42. The first-order valence-electron chi connectivity index (χ1n) is 5.02. The number of carbonyl (C=O) groups is 1. The summed E-state index contributed by atoms with van der Waals surface area (Å²) in [6, 6.07) is 5.00. The molecule has 0 aliphatic carbocycles. The monoisotopic (exact) mass is 273 g/mol. The maximum atomic E-state index is 12.8. The van der Waals surface area contributed by atoms with Crippen molar-refractivity contribution in [3.63, 3.8) is 0 Å². The summed E-state index contributed by atoms with van der Waals surface area (Å²) < 4.78 is 51.1. The van der Waals surface area contributed by atoms with Crippen LogP contribution in [0.25, 0.3) is 5.69 Å². The Morgan fingerprint density at radius 1 is 1.21 bits per heavy atom. The lowest BCUT2D eigenvalue weighted by atomic mass is 10.3. The van der Waals surface area contributed by atoms with Crippen molar-refractivity contribution in [3.8, 4) is 5.69 Å². The van der Waals surface area contributed by atoms with Gasteiger partial charge in [0.25, 0.3) is 5.91 Å². The van der Waals surface area contributed by atoms with Gasteiger partial charge in [-0.2, -0.15) is 18.3 Å². The third kappa shape index (κ3) is 2.56. The molecule has 0 bridgehead atoms. The summed E-state index contributed by atoms with van der Waals surface area (Å²) in [6.45, 7) is 0. The summed E-state index contributed by atoms with van der Waals surface area (Å²) >= 11 is 0. The number of rotatable bonds is 2. The summed E-state index contributed by atoms with van der Waals surface area (Å²) in [5, 5.41) is 3.27. The van der Waals surface area contributed by atoms with E-state index < -0.39 is 29.3 Å². The highest BCUT2D eigenvalue weighted by Gasteiger charge is 2.35. The number of nitrogens with two attached hydrogens (primary N) is 1. The van der Waals surface area contributed by atoms with Gasteiger partial charge in [0.1, 0.15) is 11.5 Å². The number of nitrogens with zero attached hydrogens (tertiary/aromatic N) is 2. The molecule has 0 radical (unpaired) electrons. The summed E-state index contributed by atoms with van der Waals surface area (Å²) in [7, 11) is 0. The van der Waals surface area contributed by atoms with Crippen LogP contribution in [0.3, 0.4) is 0 Å². The van der Waals surface area contributed by atoms with Crippen LogP contribution in [0.1, 0.15) is 16.2 Å². The highest BCUT2D eigenvalue weighted by atomic mass is 19.4. The Morgan fingerprint density at radius 3 is 2.26 bits per heavy atom. The lowest BCUT2D eigenvalue weighted by Gasteiger charge is -2.04. The second-order valence-corrected chi connectivity index (χ2v) is 3.67. The zero-order chi connectivity index (χ0) is 14.2. The van der Waals surface area contributed by atoms with Gasteiger partial charge >= 0.3 is 6.18 Å². The van der Waals surface area contributed by atoms with E-state index >= 15 is 0 Å². The summed E-state index contributed by atoms with van der Waals surface area (Å²) in [4.78, 5) is 11.1. The van der Waals surface area contributed by atoms with Gasteiger partial charge in [-0.05, 0) is 24.3 Å². The minimum atomic E-state index is -4.70. The van der Waals surface area contributed by atoms with Gasteiger partial charge in [-0.1, -0.05) is 0 Å². The zero-order valence-electron chi connectivity index (χ0n) is 9.28. The minimum Gasteiger partial charge on any atom is -0.364 e. The van der Waals surface area contributed by atoms with Gasteiger partial charge in [0, 0.05) is 6.07 Å². The van der Waals surface area contributed by atoms with Crippen molar-refractivity contribution < 1.29 is 22.4 Å². The van der Waals surface area contributed by atoms with Crippen molar-refractivity contribution in [1.82, 2.24) is 9.78 Å². The number of halogens is 4. The Kier molecular flexibility index (Phi) is 3.01. The molecule has 0 fully saturated rings. The van der Waals surface area contributed by atoms with Crippen LogP contribution in [0.2, 0.25) is 0 Å². The predicted molar refractivity (Wildman–Crippen MR) is 57.0 cm³/mol. The highest BCUT2D eigenvalue weighted by Crippen LogP contribution is 2.29. The maximum Gasteiger partial charge on any atom is 0.435 e. The predicted octanol–water partition coefficient (Wildman–Crippen LogP) is 2.13. The average Bonchev–Trinajstić information content (AvgIpc) is 2.74. The van der Waals surface area contributed by atoms with Crippen LogP contribution in [0.15, 0.2) is 30.3 Å². The number of aromatic nitrogens is 2. The molecule has 0 saturated heterocycles. The highest BCUT2D eigenvalue weighted by molar-refractivity contribution is 5.91. The number of hydrogen-bond donors (Lipinski definition) is 1. The Labute approximate surface area is 104 Å². The van der Waals surface area contributed by atoms with Crippen LogP contribution < -0.4 is 5.73 Å². The second kappa shape index (κ2) is 4.38. The van der Waals surface area contributed by atoms with Crippen molar-refractivity contribution in [1.29, 1.82) is 0 Å². The molecule has 2 rings (SSSR count). The van der Waals surface area contributed by atoms with E-state index in [9.17, 15) is 22.4 Å². The number of alkyl halides is 3. The third-order valence-corrected chi connectivity index (χ3v) is 2.32. The molecular weight excluding hydrogens is 266 g/mol. The SMILES string of the molecule is NC(=O)c1cc(C(F)(F)F)nn1-c1ccc(F)cc1. The second-order valence-electron chi connectivity index (χ2n) is 3.67. The molecule has 100 valence electrons. The molecular formula is C11H7F4N3O. The van der Waals surface area contributed by atoms with Crippen LogP contribution in [0.4, 0.5) is 17.6 Å². The lowest BCUT2D eigenvalue weighted by Crippen LogP contribution is -2.16. The molecule has 0 unspecified atom stereocenters. The first-order valence-corrected chi connectivity index (χ1v) is 5.02. The standard InChI is InChI=1S/C11H7F4N3O/c12-6-1-3-7(4-2-6)18-8(10(16)19)5-9(17-18)11(13,14)15/h1-5H,(H2,16,19). The van der Waals surface area contributed by atoms with Gasteiger partial charge in [0.15, 0.2) is 5.69 Å². The first kappa shape index (κ1) is 13.1. The average molecular weight is 273 g/mol. The number of primary amides is 1. The topological polar surface area (TPSA) is 60.9 Å². The van der Waals surface area contributed by atoms with Gasteiger partial charge in [-0.25, -0.2) is 9.07 Å². The van der Waals surface area contributed by atoms with E-state index in [1.54, 1.807) is 0 Å². The molecule has 8 heteroatoms. The molecule has 4 nitrogen and oxygen atoms in total. The molecule has 1 aromatic carbocycles. The Morgan fingerprint density at radius 2 is 1.79 bits per heavy atom. The van der Waals surface area contributed by atoms with Crippen molar-refractivity contribution in [2.45, 2.75) is 6.18 Å². The normalized spacial score (nSPS) is 11.6. The van der Waals surface area contributed by atoms with Gasteiger partial charge < -0.3 is 5.73 Å². The van der Waals surface area contributed by atoms with Crippen LogP contribution in [0, 0.1) is 5.82 Å². The third-order valence-electron chi connectivity index (χ3n) is 2.32. The van der Waals surface area contributed by atoms with E-state index in [1.807, 2.05) is 0 Å². The van der Waals surface area contributed by atoms with Crippen LogP contribution in [0.5, 0.6) is 0 Å². The quantitative estimate of drug-likeness (QED) is 0.852. The fraction of sp³-hybridized carbons (Fsp3) is 0.0909. The maximum absolute atomic E-state index is 12.8. The van der Waals surface area contributed by atoms with E-state index in [4.69, 9.17) is 5.73 Å². The van der Waals surface area contributed by atoms with Crippen LogP contribution in [-0.4, -0.2) is 15.7 Å². The number of carbonyl (C=O) groups excluding carboxylic acids is 1. The van der Waals surface area contributed by atoms with Gasteiger partial charge in [0.2, 0.25) is 0 Å². The smallest absolute Gasteiger partial charge is 0.364 e. The van der Waals surface area contributed by atoms with Crippen molar-refractivity contribution >= 4 is 5.91 Å². The summed E-state index contributed by atoms with van der Waals surface area (Å²) in [6.07, 6.45) is -4.70. The van der Waals surface area contributed by atoms with E-state index in [0.717, 1.165) is 16.8 Å². The molecule has 0 aliphatic heterocycles. The van der Waals surface area contributed by atoms with E-state index in [0.29, 0.717) is 6.07 Å². The Balaban J connectivity index is 2.58. The lowest BCUT2D eigenvalue weighted by molar-refractivity contribution is -0.141. The molecule has 0 spiro atoms. The van der Waals surface area contributed by atoms with E-state index in [2.05, 4.69) is 5.10 Å².